The fraction of sp³-hybridized carbons (Fsp3) is 0.294. The average Bonchev–Trinajstić information content (AvgIpc) is 2.48. The SMILES string of the molecule is Cl.FC(F)(F)Oc1ccc(OC(c2ccc(Cl)c(Cl)c2)C2CNC2)cc1. The van der Waals surface area contributed by atoms with E-state index in [9.17, 15) is 13.2 Å². The van der Waals surface area contributed by atoms with E-state index in [1.54, 1.807) is 12.1 Å². The van der Waals surface area contributed by atoms with Gasteiger partial charge in [0.05, 0.1) is 10.0 Å². The van der Waals surface area contributed by atoms with E-state index in [2.05, 4.69) is 10.1 Å². The minimum Gasteiger partial charge on any atom is -0.485 e. The van der Waals surface area contributed by atoms with Crippen LogP contribution in [0, 0.1) is 5.92 Å². The van der Waals surface area contributed by atoms with Gasteiger partial charge < -0.3 is 14.8 Å². The van der Waals surface area contributed by atoms with Crippen molar-refractivity contribution in [1.82, 2.24) is 5.32 Å². The maximum atomic E-state index is 12.2. The van der Waals surface area contributed by atoms with Gasteiger partial charge in [-0.3, -0.25) is 0 Å². The molecule has 0 bridgehead atoms. The molecule has 1 aliphatic rings. The van der Waals surface area contributed by atoms with Gasteiger partial charge in [0.2, 0.25) is 0 Å². The third-order valence-electron chi connectivity index (χ3n) is 3.83. The number of nitrogens with one attached hydrogen (secondary N) is 1. The molecule has 1 atom stereocenters. The lowest BCUT2D eigenvalue weighted by Gasteiger charge is -2.35. The summed E-state index contributed by atoms with van der Waals surface area (Å²) in [6.07, 6.45) is -5.01. The molecule has 0 spiro atoms. The Labute approximate surface area is 164 Å². The van der Waals surface area contributed by atoms with Crippen LogP contribution in [0.2, 0.25) is 10.0 Å². The van der Waals surface area contributed by atoms with Gasteiger partial charge in [-0.2, -0.15) is 0 Å². The first-order valence-electron chi connectivity index (χ1n) is 7.50. The Morgan fingerprint density at radius 2 is 1.58 bits per heavy atom. The predicted octanol–water partition coefficient (Wildman–Crippen LogP) is 5.65. The second kappa shape index (κ2) is 8.57. The minimum atomic E-state index is -4.72. The molecule has 0 saturated carbocycles. The van der Waals surface area contributed by atoms with Gasteiger partial charge in [-0.15, -0.1) is 25.6 Å². The number of hydrogen-bond acceptors (Lipinski definition) is 3. The van der Waals surface area contributed by atoms with Gasteiger partial charge >= 0.3 is 6.36 Å². The van der Waals surface area contributed by atoms with Crippen LogP contribution in [0.25, 0.3) is 0 Å². The van der Waals surface area contributed by atoms with E-state index in [1.165, 1.54) is 24.3 Å². The minimum absolute atomic E-state index is 0. The van der Waals surface area contributed by atoms with Crippen LogP contribution in [0.3, 0.4) is 0 Å². The monoisotopic (exact) mass is 427 g/mol. The van der Waals surface area contributed by atoms with E-state index in [0.717, 1.165) is 18.7 Å². The molecule has 1 fully saturated rings. The number of ether oxygens (including phenoxy) is 2. The van der Waals surface area contributed by atoms with Crippen LogP contribution < -0.4 is 14.8 Å². The molecule has 26 heavy (non-hydrogen) atoms. The summed E-state index contributed by atoms with van der Waals surface area (Å²) in [6.45, 7) is 1.56. The first-order valence-corrected chi connectivity index (χ1v) is 8.25. The third-order valence-corrected chi connectivity index (χ3v) is 4.57. The van der Waals surface area contributed by atoms with Gasteiger partial charge in [-0.1, -0.05) is 29.3 Å². The van der Waals surface area contributed by atoms with Crippen LogP contribution in [0.4, 0.5) is 13.2 Å². The largest absolute Gasteiger partial charge is 0.573 e. The molecule has 1 aliphatic heterocycles. The number of rotatable bonds is 5. The summed E-state index contributed by atoms with van der Waals surface area (Å²) in [4.78, 5) is 0. The van der Waals surface area contributed by atoms with Gasteiger partial charge in [0.25, 0.3) is 0 Å². The lowest BCUT2D eigenvalue weighted by Crippen LogP contribution is -2.46. The van der Waals surface area contributed by atoms with Crippen LogP contribution in [0.1, 0.15) is 11.7 Å². The van der Waals surface area contributed by atoms with Crippen molar-refractivity contribution in [1.29, 1.82) is 0 Å². The normalized spacial score (nSPS) is 15.6. The number of hydrogen-bond donors (Lipinski definition) is 1. The molecule has 0 aliphatic carbocycles. The van der Waals surface area contributed by atoms with E-state index in [1.807, 2.05) is 6.07 Å². The van der Waals surface area contributed by atoms with E-state index in [-0.39, 0.29) is 30.2 Å². The Balaban J connectivity index is 0.00000243. The number of alkyl halides is 3. The molecular weight excluding hydrogens is 414 g/mol. The van der Waals surface area contributed by atoms with Crippen molar-refractivity contribution in [2.24, 2.45) is 5.92 Å². The van der Waals surface area contributed by atoms with Crippen LogP contribution in [0.5, 0.6) is 11.5 Å². The molecule has 9 heteroatoms. The van der Waals surface area contributed by atoms with Crippen molar-refractivity contribution in [2.45, 2.75) is 12.5 Å². The summed E-state index contributed by atoms with van der Waals surface area (Å²) in [5.74, 6) is 0.372. The zero-order chi connectivity index (χ0) is 18.0. The zero-order valence-corrected chi connectivity index (χ0v) is 15.6. The van der Waals surface area contributed by atoms with E-state index < -0.39 is 6.36 Å². The van der Waals surface area contributed by atoms with Crippen molar-refractivity contribution in [3.8, 4) is 11.5 Å². The Hall–Kier alpha value is -1.34. The number of halogens is 6. The average molecular weight is 429 g/mol. The second-order valence-corrected chi connectivity index (χ2v) is 6.46. The Kier molecular flexibility index (Phi) is 6.91. The van der Waals surface area contributed by atoms with E-state index in [4.69, 9.17) is 27.9 Å². The lowest BCUT2D eigenvalue weighted by atomic mass is 9.91. The summed E-state index contributed by atoms with van der Waals surface area (Å²) >= 11 is 12.0. The lowest BCUT2D eigenvalue weighted by molar-refractivity contribution is -0.274. The van der Waals surface area contributed by atoms with Crippen molar-refractivity contribution in [3.63, 3.8) is 0 Å². The smallest absolute Gasteiger partial charge is 0.485 e. The van der Waals surface area contributed by atoms with Crippen LogP contribution >= 0.6 is 35.6 Å². The molecule has 3 nitrogen and oxygen atoms in total. The molecule has 1 N–H and O–H groups in total. The van der Waals surface area contributed by atoms with Crippen LogP contribution in [-0.2, 0) is 0 Å². The van der Waals surface area contributed by atoms with Gasteiger partial charge in [0.15, 0.2) is 0 Å². The fourth-order valence-electron chi connectivity index (χ4n) is 2.52. The van der Waals surface area contributed by atoms with Gasteiger partial charge in [-0.25, -0.2) is 0 Å². The quantitative estimate of drug-likeness (QED) is 0.667. The van der Waals surface area contributed by atoms with Crippen LogP contribution in [-0.4, -0.2) is 19.5 Å². The Bertz CT molecular complexity index is 737. The molecule has 3 rings (SSSR count). The fourth-order valence-corrected chi connectivity index (χ4v) is 2.82. The maximum Gasteiger partial charge on any atom is 0.573 e. The van der Waals surface area contributed by atoms with Crippen molar-refractivity contribution in [3.05, 3.63) is 58.1 Å². The van der Waals surface area contributed by atoms with Crippen LogP contribution in [0.15, 0.2) is 42.5 Å². The highest BCUT2D eigenvalue weighted by Gasteiger charge is 2.32. The van der Waals surface area contributed by atoms with Crippen molar-refractivity contribution in [2.75, 3.05) is 13.1 Å². The van der Waals surface area contributed by atoms with E-state index >= 15 is 0 Å². The zero-order valence-electron chi connectivity index (χ0n) is 13.2. The molecule has 2 aromatic rings. The molecule has 0 radical (unpaired) electrons. The summed E-state index contributed by atoms with van der Waals surface area (Å²) in [7, 11) is 0. The Morgan fingerprint density at radius 1 is 0.962 bits per heavy atom. The number of benzene rings is 2. The first-order chi connectivity index (χ1) is 11.8. The van der Waals surface area contributed by atoms with E-state index in [0.29, 0.717) is 15.8 Å². The summed E-state index contributed by atoms with van der Waals surface area (Å²) in [5, 5.41) is 4.05. The molecule has 2 aromatic carbocycles. The van der Waals surface area contributed by atoms with Gasteiger partial charge in [0.1, 0.15) is 17.6 Å². The topological polar surface area (TPSA) is 30.5 Å². The van der Waals surface area contributed by atoms with Gasteiger partial charge in [0, 0.05) is 19.0 Å². The molecule has 0 amide bonds. The van der Waals surface area contributed by atoms with Crippen molar-refractivity contribution < 1.29 is 22.6 Å². The summed E-state index contributed by atoms with van der Waals surface area (Å²) in [5.41, 5.74) is 0.858. The third kappa shape index (κ3) is 5.33. The second-order valence-electron chi connectivity index (χ2n) is 5.65. The maximum absolute atomic E-state index is 12.2. The summed E-state index contributed by atoms with van der Waals surface area (Å²) < 4.78 is 46.5. The first kappa shape index (κ1) is 21.0. The van der Waals surface area contributed by atoms with Crippen molar-refractivity contribution >= 4 is 35.6 Å². The molecule has 1 unspecified atom stereocenters. The molecule has 1 saturated heterocycles. The molecule has 142 valence electrons. The van der Waals surface area contributed by atoms with Gasteiger partial charge in [-0.05, 0) is 42.0 Å². The highest BCUT2D eigenvalue weighted by Crippen LogP contribution is 2.35. The molecule has 1 heterocycles. The summed E-state index contributed by atoms with van der Waals surface area (Å²) in [6, 6.07) is 10.6. The Morgan fingerprint density at radius 3 is 2.08 bits per heavy atom. The highest BCUT2D eigenvalue weighted by molar-refractivity contribution is 6.42. The predicted molar refractivity (Wildman–Crippen MR) is 96.6 cm³/mol. The standard InChI is InChI=1S/C17H14Cl2F3NO2.ClH/c18-14-6-1-10(7-15(14)19)16(11-8-23-9-11)24-12-2-4-13(5-3-12)25-17(20,21)22;/h1-7,11,16,23H,8-9H2;1H. The molecular formula is C17H15Cl3F3NO2. The highest BCUT2D eigenvalue weighted by atomic mass is 35.5. The molecule has 0 aromatic heterocycles.